The van der Waals surface area contributed by atoms with Crippen molar-refractivity contribution >= 4 is 16.9 Å². The Kier molecular flexibility index (Phi) is 4.19. The van der Waals surface area contributed by atoms with Gasteiger partial charge < -0.3 is 5.11 Å². The molecule has 0 aromatic heterocycles. The Hall–Kier alpha value is -1.74. The zero-order valence-corrected chi connectivity index (χ0v) is 12.7. The lowest BCUT2D eigenvalue weighted by Gasteiger charge is -2.18. The summed E-state index contributed by atoms with van der Waals surface area (Å²) in [5.41, 5.74) is 2.09. The third kappa shape index (κ3) is 3.42. The molecule has 0 saturated carbocycles. The first-order chi connectivity index (χ1) is 9.38. The van der Waals surface area contributed by atoms with Gasteiger partial charge in [0, 0.05) is 4.75 Å². The van der Waals surface area contributed by atoms with Crippen molar-refractivity contribution in [3.05, 3.63) is 54.1 Å². The molecule has 0 aliphatic carbocycles. The summed E-state index contributed by atoms with van der Waals surface area (Å²) in [5, 5.41) is 9.98. The van der Waals surface area contributed by atoms with Gasteiger partial charge in [0.25, 0.3) is 0 Å². The molecule has 104 valence electrons. The van der Waals surface area contributed by atoms with Crippen LogP contribution in [-0.4, -0.2) is 15.0 Å². The SMILES string of the molecule is CC(C)(C)SC(=O)c1c(O)cccc1-c1ccccc1. The summed E-state index contributed by atoms with van der Waals surface area (Å²) in [6, 6.07) is 14.8. The fraction of sp³-hybridized carbons (Fsp3) is 0.235. The molecule has 20 heavy (non-hydrogen) atoms. The molecule has 2 aromatic carbocycles. The van der Waals surface area contributed by atoms with Crippen LogP contribution >= 0.6 is 11.8 Å². The maximum Gasteiger partial charge on any atom is 0.224 e. The molecule has 0 bridgehead atoms. The molecule has 0 radical (unpaired) electrons. The molecule has 0 fully saturated rings. The summed E-state index contributed by atoms with van der Waals surface area (Å²) in [4.78, 5) is 12.5. The number of hydrogen-bond acceptors (Lipinski definition) is 3. The predicted molar refractivity (Wildman–Crippen MR) is 85.2 cm³/mol. The summed E-state index contributed by atoms with van der Waals surface area (Å²) in [6.45, 7) is 5.95. The van der Waals surface area contributed by atoms with Crippen LogP contribution in [-0.2, 0) is 0 Å². The van der Waals surface area contributed by atoms with E-state index in [4.69, 9.17) is 0 Å². The van der Waals surface area contributed by atoms with E-state index in [9.17, 15) is 9.90 Å². The van der Waals surface area contributed by atoms with Crippen molar-refractivity contribution in [2.75, 3.05) is 0 Å². The van der Waals surface area contributed by atoms with Gasteiger partial charge in [-0.05, 0) is 17.2 Å². The third-order valence-electron chi connectivity index (χ3n) is 2.73. The zero-order chi connectivity index (χ0) is 14.8. The van der Waals surface area contributed by atoms with Crippen molar-refractivity contribution in [1.82, 2.24) is 0 Å². The minimum Gasteiger partial charge on any atom is -0.507 e. The molecule has 0 saturated heterocycles. The van der Waals surface area contributed by atoms with Crippen molar-refractivity contribution < 1.29 is 9.90 Å². The van der Waals surface area contributed by atoms with Gasteiger partial charge in [-0.2, -0.15) is 0 Å². The topological polar surface area (TPSA) is 37.3 Å². The van der Waals surface area contributed by atoms with Crippen molar-refractivity contribution in [1.29, 1.82) is 0 Å². The molecule has 0 aliphatic rings. The molecule has 2 nitrogen and oxygen atoms in total. The number of benzene rings is 2. The zero-order valence-electron chi connectivity index (χ0n) is 11.9. The fourth-order valence-electron chi connectivity index (χ4n) is 1.94. The molecule has 0 atom stereocenters. The van der Waals surface area contributed by atoms with Crippen LogP contribution in [0.4, 0.5) is 0 Å². The summed E-state index contributed by atoms with van der Waals surface area (Å²) < 4.78 is -0.187. The summed E-state index contributed by atoms with van der Waals surface area (Å²) >= 11 is 1.23. The first kappa shape index (κ1) is 14.7. The van der Waals surface area contributed by atoms with E-state index in [1.165, 1.54) is 11.8 Å². The van der Waals surface area contributed by atoms with Gasteiger partial charge in [0.05, 0.1) is 5.56 Å². The minimum absolute atomic E-state index is 0.0353. The van der Waals surface area contributed by atoms with Crippen LogP contribution in [0.2, 0.25) is 0 Å². The smallest absolute Gasteiger partial charge is 0.224 e. The number of rotatable bonds is 2. The van der Waals surface area contributed by atoms with E-state index in [1.807, 2.05) is 57.2 Å². The first-order valence-corrected chi connectivity index (χ1v) is 7.31. The molecule has 3 heteroatoms. The summed E-state index contributed by atoms with van der Waals surface area (Å²) in [6.07, 6.45) is 0. The number of carbonyl (C=O) groups excluding carboxylic acids is 1. The highest BCUT2D eigenvalue weighted by Gasteiger charge is 2.23. The maximum absolute atomic E-state index is 12.5. The van der Waals surface area contributed by atoms with Gasteiger partial charge in [0.1, 0.15) is 5.75 Å². The number of hydrogen-bond donors (Lipinski definition) is 1. The predicted octanol–water partition coefficient (Wildman–Crippen LogP) is 4.73. The molecular formula is C17H18O2S. The molecule has 0 spiro atoms. The van der Waals surface area contributed by atoms with Crippen molar-refractivity contribution in [3.8, 4) is 16.9 Å². The van der Waals surface area contributed by atoms with E-state index in [0.717, 1.165) is 11.1 Å². The molecule has 1 N–H and O–H groups in total. The maximum atomic E-state index is 12.5. The number of phenols is 1. The van der Waals surface area contributed by atoms with Gasteiger partial charge in [0.2, 0.25) is 5.12 Å². The van der Waals surface area contributed by atoms with Crippen LogP contribution < -0.4 is 0 Å². The van der Waals surface area contributed by atoms with E-state index >= 15 is 0 Å². The first-order valence-electron chi connectivity index (χ1n) is 6.49. The second-order valence-corrected chi connectivity index (χ2v) is 7.37. The normalized spacial score (nSPS) is 11.3. The lowest BCUT2D eigenvalue weighted by atomic mass is 10.00. The van der Waals surface area contributed by atoms with E-state index in [-0.39, 0.29) is 15.6 Å². The Morgan fingerprint density at radius 3 is 2.25 bits per heavy atom. The number of phenolic OH excluding ortho intramolecular Hbond substituents is 1. The third-order valence-corrected chi connectivity index (χ3v) is 3.73. The largest absolute Gasteiger partial charge is 0.507 e. The number of aromatic hydroxyl groups is 1. The summed E-state index contributed by atoms with van der Waals surface area (Å²) in [5.74, 6) is 0.0353. The Labute approximate surface area is 123 Å². The standard InChI is InChI=1S/C17H18O2S/c1-17(2,3)20-16(19)15-13(10-7-11-14(15)18)12-8-5-4-6-9-12/h4-11,18H,1-3H3. The summed E-state index contributed by atoms with van der Waals surface area (Å²) in [7, 11) is 0. The van der Waals surface area contributed by atoms with Gasteiger partial charge in [-0.25, -0.2) is 0 Å². The van der Waals surface area contributed by atoms with Crippen LogP contribution in [0.5, 0.6) is 5.75 Å². The molecule has 0 aliphatic heterocycles. The average molecular weight is 286 g/mol. The van der Waals surface area contributed by atoms with E-state index < -0.39 is 0 Å². The molecule has 2 rings (SSSR count). The molecule has 0 unspecified atom stereocenters. The molecule has 0 amide bonds. The second kappa shape index (κ2) is 5.71. The lowest BCUT2D eigenvalue weighted by molar-refractivity contribution is 0.108. The van der Waals surface area contributed by atoms with Crippen LogP contribution in [0, 0.1) is 0 Å². The van der Waals surface area contributed by atoms with Gasteiger partial charge in [-0.1, -0.05) is 75.0 Å². The van der Waals surface area contributed by atoms with Gasteiger partial charge in [0.15, 0.2) is 0 Å². The quantitative estimate of drug-likeness (QED) is 0.867. The number of carbonyl (C=O) groups is 1. The van der Waals surface area contributed by atoms with E-state index in [0.29, 0.717) is 5.56 Å². The number of thioether (sulfide) groups is 1. The van der Waals surface area contributed by atoms with E-state index in [2.05, 4.69) is 0 Å². The Morgan fingerprint density at radius 1 is 1.00 bits per heavy atom. The van der Waals surface area contributed by atoms with Crippen molar-refractivity contribution in [2.45, 2.75) is 25.5 Å². The Bertz CT molecular complexity index is 613. The highest BCUT2D eigenvalue weighted by Crippen LogP contribution is 2.36. The van der Waals surface area contributed by atoms with Gasteiger partial charge in [-0.15, -0.1) is 0 Å². The van der Waals surface area contributed by atoms with E-state index in [1.54, 1.807) is 12.1 Å². The van der Waals surface area contributed by atoms with Crippen molar-refractivity contribution in [2.24, 2.45) is 0 Å². The second-order valence-electron chi connectivity index (χ2n) is 5.57. The lowest BCUT2D eigenvalue weighted by Crippen LogP contribution is -2.12. The average Bonchev–Trinajstić information content (AvgIpc) is 2.37. The highest BCUT2D eigenvalue weighted by molar-refractivity contribution is 8.15. The van der Waals surface area contributed by atoms with Gasteiger partial charge >= 0.3 is 0 Å². The Morgan fingerprint density at radius 2 is 1.65 bits per heavy atom. The van der Waals surface area contributed by atoms with Gasteiger partial charge in [-0.3, -0.25) is 4.79 Å². The minimum atomic E-state index is -0.187. The van der Waals surface area contributed by atoms with Crippen molar-refractivity contribution in [3.63, 3.8) is 0 Å². The van der Waals surface area contributed by atoms with Crippen LogP contribution in [0.15, 0.2) is 48.5 Å². The van der Waals surface area contributed by atoms with Crippen LogP contribution in [0.1, 0.15) is 31.1 Å². The molecule has 2 aromatic rings. The Balaban J connectivity index is 2.50. The highest BCUT2D eigenvalue weighted by atomic mass is 32.2. The fourth-order valence-corrected chi connectivity index (χ4v) is 2.81. The molecule has 0 heterocycles. The van der Waals surface area contributed by atoms with Crippen LogP contribution in [0.3, 0.4) is 0 Å². The van der Waals surface area contributed by atoms with Crippen LogP contribution in [0.25, 0.3) is 11.1 Å². The molecular weight excluding hydrogens is 268 g/mol. The monoisotopic (exact) mass is 286 g/mol.